The zero-order valence-corrected chi connectivity index (χ0v) is 18.4. The van der Waals surface area contributed by atoms with Crippen LogP contribution in [0.2, 0.25) is 0 Å². The smallest absolute Gasteiger partial charge is 0.270 e. The largest absolute Gasteiger partial charge is 0.497 e. The fourth-order valence-corrected chi connectivity index (χ4v) is 5.01. The van der Waals surface area contributed by atoms with Crippen LogP contribution in [-0.2, 0) is 16.6 Å². The lowest BCUT2D eigenvalue weighted by Gasteiger charge is -2.31. The number of methoxy groups -OCH3 is 2. The molecule has 164 valence electrons. The Morgan fingerprint density at radius 2 is 1.53 bits per heavy atom. The van der Waals surface area contributed by atoms with Gasteiger partial charge in [0, 0.05) is 35.6 Å². The SMILES string of the molecule is COc1cc(N/C=C2\C(=O)c3ccccc3N(Cc3ccccc3)S2(=O)=O)cc(OC)c1. The molecule has 1 aliphatic rings. The highest BCUT2D eigenvalue weighted by Crippen LogP contribution is 2.36. The van der Waals surface area contributed by atoms with Crippen molar-refractivity contribution in [3.63, 3.8) is 0 Å². The Morgan fingerprint density at radius 3 is 2.19 bits per heavy atom. The number of benzene rings is 3. The number of para-hydroxylation sites is 1. The number of fused-ring (bicyclic) bond motifs is 1. The molecule has 0 saturated heterocycles. The number of allylic oxidation sites excluding steroid dienone is 1. The summed E-state index contributed by atoms with van der Waals surface area (Å²) in [7, 11) is -1.07. The zero-order valence-electron chi connectivity index (χ0n) is 17.6. The van der Waals surface area contributed by atoms with Crippen molar-refractivity contribution < 1.29 is 22.7 Å². The molecule has 0 aromatic heterocycles. The predicted molar refractivity (Wildman–Crippen MR) is 124 cm³/mol. The fraction of sp³-hybridized carbons (Fsp3) is 0.125. The minimum atomic E-state index is -4.11. The summed E-state index contributed by atoms with van der Waals surface area (Å²) in [5.74, 6) is 0.491. The number of carbonyl (C=O) groups is 1. The average molecular weight is 451 g/mol. The molecule has 0 amide bonds. The van der Waals surface area contributed by atoms with E-state index in [0.717, 1.165) is 5.56 Å². The van der Waals surface area contributed by atoms with Gasteiger partial charge >= 0.3 is 0 Å². The summed E-state index contributed by atoms with van der Waals surface area (Å²) in [4.78, 5) is 12.8. The lowest BCUT2D eigenvalue weighted by atomic mass is 10.1. The molecule has 0 atom stereocenters. The molecule has 0 saturated carbocycles. The maximum absolute atomic E-state index is 13.5. The van der Waals surface area contributed by atoms with Crippen molar-refractivity contribution in [2.45, 2.75) is 6.54 Å². The number of nitrogens with one attached hydrogen (secondary N) is 1. The number of hydrogen-bond donors (Lipinski definition) is 1. The summed E-state index contributed by atoms with van der Waals surface area (Å²) in [6.07, 6.45) is 1.22. The van der Waals surface area contributed by atoms with Crippen molar-refractivity contribution in [2.24, 2.45) is 0 Å². The third kappa shape index (κ3) is 4.04. The van der Waals surface area contributed by atoms with Crippen molar-refractivity contribution >= 4 is 27.2 Å². The Hall–Kier alpha value is -3.78. The number of ketones is 1. The van der Waals surface area contributed by atoms with Crippen LogP contribution in [0.1, 0.15) is 15.9 Å². The van der Waals surface area contributed by atoms with E-state index in [2.05, 4.69) is 5.32 Å². The maximum atomic E-state index is 13.5. The van der Waals surface area contributed by atoms with Gasteiger partial charge in [0.05, 0.1) is 26.5 Å². The normalized spacial score (nSPS) is 15.9. The lowest BCUT2D eigenvalue weighted by molar-refractivity contribution is 0.104. The maximum Gasteiger partial charge on any atom is 0.270 e. The van der Waals surface area contributed by atoms with Crippen LogP contribution in [0.25, 0.3) is 0 Å². The number of rotatable bonds is 6. The molecule has 32 heavy (non-hydrogen) atoms. The standard InChI is InChI=1S/C24H22N2O5S/c1-30-19-12-18(13-20(14-19)31-2)25-15-23-24(27)21-10-6-7-11-22(21)26(32(23,28)29)16-17-8-4-3-5-9-17/h3-15,25H,16H2,1-2H3/b23-15+. The van der Waals surface area contributed by atoms with Crippen molar-refractivity contribution in [1.29, 1.82) is 0 Å². The highest BCUT2D eigenvalue weighted by atomic mass is 32.2. The van der Waals surface area contributed by atoms with Gasteiger partial charge in [0.15, 0.2) is 4.91 Å². The third-order valence-corrected chi connectivity index (χ3v) is 6.86. The molecule has 1 aliphatic heterocycles. The average Bonchev–Trinajstić information content (AvgIpc) is 2.82. The molecule has 8 heteroatoms. The lowest BCUT2D eigenvalue weighted by Crippen LogP contribution is -2.39. The van der Waals surface area contributed by atoms with Gasteiger partial charge in [-0.2, -0.15) is 0 Å². The summed E-state index contributed by atoms with van der Waals surface area (Å²) in [5.41, 5.74) is 2.02. The van der Waals surface area contributed by atoms with Gasteiger partial charge in [0.2, 0.25) is 5.78 Å². The molecule has 0 fully saturated rings. The van der Waals surface area contributed by atoms with Crippen LogP contribution in [0.3, 0.4) is 0 Å². The van der Waals surface area contributed by atoms with E-state index in [1.807, 2.05) is 30.3 Å². The van der Waals surface area contributed by atoms with Crippen LogP contribution < -0.4 is 19.1 Å². The van der Waals surface area contributed by atoms with Gasteiger partial charge < -0.3 is 14.8 Å². The molecule has 0 radical (unpaired) electrons. The minimum Gasteiger partial charge on any atom is -0.497 e. The van der Waals surface area contributed by atoms with E-state index in [1.165, 1.54) is 24.7 Å². The molecule has 4 rings (SSSR count). The quantitative estimate of drug-likeness (QED) is 0.567. The van der Waals surface area contributed by atoms with Gasteiger partial charge in [-0.3, -0.25) is 9.10 Å². The van der Waals surface area contributed by atoms with Crippen molar-refractivity contribution in [1.82, 2.24) is 0 Å². The Kier molecular flexibility index (Phi) is 5.87. The van der Waals surface area contributed by atoms with Gasteiger partial charge in [-0.15, -0.1) is 0 Å². The number of nitrogens with zero attached hydrogens (tertiary/aromatic N) is 1. The zero-order chi connectivity index (χ0) is 22.7. The first-order chi connectivity index (χ1) is 15.4. The summed E-state index contributed by atoms with van der Waals surface area (Å²) in [6.45, 7) is 0.109. The number of ether oxygens (including phenoxy) is 2. The van der Waals surface area contributed by atoms with Gasteiger partial charge in [0.1, 0.15) is 11.5 Å². The van der Waals surface area contributed by atoms with E-state index < -0.39 is 15.8 Å². The van der Waals surface area contributed by atoms with E-state index >= 15 is 0 Å². The van der Waals surface area contributed by atoms with Gasteiger partial charge in [-0.1, -0.05) is 42.5 Å². The van der Waals surface area contributed by atoms with Gasteiger partial charge in [-0.05, 0) is 17.7 Å². The number of Topliss-reactive ketones (excluding diaryl/α,β-unsaturated/α-hetero) is 1. The Morgan fingerprint density at radius 1 is 0.906 bits per heavy atom. The van der Waals surface area contributed by atoms with Gasteiger partial charge in [0.25, 0.3) is 10.0 Å². The first-order valence-electron chi connectivity index (χ1n) is 9.84. The van der Waals surface area contributed by atoms with E-state index in [4.69, 9.17) is 9.47 Å². The molecule has 0 bridgehead atoms. The third-order valence-electron chi connectivity index (χ3n) is 5.10. The Balaban J connectivity index is 1.76. The molecule has 1 N–H and O–H groups in total. The van der Waals surface area contributed by atoms with Crippen molar-refractivity contribution in [3.05, 3.63) is 95.0 Å². The Labute approximate surface area is 186 Å². The van der Waals surface area contributed by atoms with Crippen LogP contribution in [0.4, 0.5) is 11.4 Å². The van der Waals surface area contributed by atoms with Crippen molar-refractivity contribution in [2.75, 3.05) is 23.8 Å². The molecule has 7 nitrogen and oxygen atoms in total. The molecule has 0 unspecified atom stereocenters. The Bertz CT molecular complexity index is 1260. The van der Waals surface area contributed by atoms with E-state index in [-0.39, 0.29) is 11.4 Å². The van der Waals surface area contributed by atoms with E-state index in [9.17, 15) is 13.2 Å². The summed E-state index contributed by atoms with van der Waals surface area (Å²) < 4.78 is 38.8. The molecule has 0 aliphatic carbocycles. The van der Waals surface area contributed by atoms with Gasteiger partial charge in [-0.25, -0.2) is 8.42 Å². The van der Waals surface area contributed by atoms with Crippen LogP contribution in [0, 0.1) is 0 Å². The second-order valence-corrected chi connectivity index (χ2v) is 8.93. The monoisotopic (exact) mass is 450 g/mol. The molecule has 0 spiro atoms. The molecule has 3 aromatic carbocycles. The molecular formula is C24H22N2O5S. The number of sulfonamides is 1. The first kappa shape index (κ1) is 21.5. The summed E-state index contributed by atoms with van der Waals surface area (Å²) >= 11 is 0. The van der Waals surface area contributed by atoms with Crippen LogP contribution >= 0.6 is 0 Å². The van der Waals surface area contributed by atoms with Crippen LogP contribution in [0.5, 0.6) is 11.5 Å². The predicted octanol–water partition coefficient (Wildman–Crippen LogP) is 4.19. The van der Waals surface area contributed by atoms with Crippen LogP contribution in [-0.4, -0.2) is 28.4 Å². The minimum absolute atomic E-state index is 0.109. The highest BCUT2D eigenvalue weighted by molar-refractivity contribution is 7.97. The second-order valence-electron chi connectivity index (χ2n) is 7.10. The molecular weight excluding hydrogens is 428 g/mol. The molecule has 3 aromatic rings. The van der Waals surface area contributed by atoms with E-state index in [1.54, 1.807) is 42.5 Å². The topological polar surface area (TPSA) is 84.9 Å². The summed E-state index contributed by atoms with van der Waals surface area (Å²) in [6, 6.07) is 21.0. The fourth-order valence-electron chi connectivity index (χ4n) is 3.48. The van der Waals surface area contributed by atoms with Crippen molar-refractivity contribution in [3.8, 4) is 11.5 Å². The molecule has 1 heterocycles. The second kappa shape index (κ2) is 8.76. The van der Waals surface area contributed by atoms with Crippen LogP contribution in [0.15, 0.2) is 83.9 Å². The number of anilines is 2. The summed E-state index contributed by atoms with van der Waals surface area (Å²) in [5, 5.41) is 2.92. The number of carbonyl (C=O) groups excluding carboxylic acids is 1. The van der Waals surface area contributed by atoms with E-state index in [0.29, 0.717) is 28.4 Å². The highest BCUT2D eigenvalue weighted by Gasteiger charge is 2.40. The number of hydrogen-bond acceptors (Lipinski definition) is 6. The first-order valence-corrected chi connectivity index (χ1v) is 11.3.